The number of carbonyl (C=O) groups excluding carboxylic acids is 1. The summed E-state index contributed by atoms with van der Waals surface area (Å²) in [5, 5.41) is 14.0. The number of unbranched alkanes of at least 4 members (excludes halogenated alkanes) is 54. The third kappa shape index (κ3) is 75.4. The zero-order chi connectivity index (χ0) is 66.2. The summed E-state index contributed by atoms with van der Waals surface area (Å²) in [6.45, 7) is 4.84. The molecule has 0 aromatic rings. The molecule has 3 N–H and O–H groups in total. The number of likely N-dealkylation sites (N-methyl/N-ethyl adjacent to an activating group) is 1. The van der Waals surface area contributed by atoms with Gasteiger partial charge in [-0.2, -0.15) is 0 Å². The van der Waals surface area contributed by atoms with E-state index in [9.17, 15) is 19.4 Å². The summed E-state index contributed by atoms with van der Waals surface area (Å²) in [7, 11) is 1.57. The fourth-order valence-electron chi connectivity index (χ4n) is 12.2. The minimum Gasteiger partial charge on any atom is -0.387 e. The van der Waals surface area contributed by atoms with E-state index in [4.69, 9.17) is 9.05 Å². The lowest BCUT2D eigenvalue weighted by molar-refractivity contribution is -0.870. The number of carbonyl (C=O) groups is 1. The Kier molecular flexibility index (Phi) is 71.0. The normalized spacial score (nSPS) is 13.8. The summed E-state index contributed by atoms with van der Waals surface area (Å²) in [5.74, 6) is -0.179. The average molecular weight is 1300 g/mol. The molecule has 0 saturated carbocycles. The molecule has 0 aliphatic rings. The number of nitrogens with one attached hydrogen (secondary N) is 1. The van der Waals surface area contributed by atoms with Crippen LogP contribution < -0.4 is 5.32 Å². The maximum Gasteiger partial charge on any atom is 0.472 e. The number of quaternary nitrogens is 1. The van der Waals surface area contributed by atoms with Gasteiger partial charge in [0.2, 0.25) is 5.91 Å². The highest BCUT2D eigenvalue weighted by Gasteiger charge is 2.28. The van der Waals surface area contributed by atoms with Gasteiger partial charge in [-0.3, -0.25) is 13.8 Å². The zero-order valence-electron chi connectivity index (χ0n) is 61.6. The van der Waals surface area contributed by atoms with Gasteiger partial charge in [0.25, 0.3) is 0 Å². The molecule has 8 nitrogen and oxygen atoms in total. The third-order valence-electron chi connectivity index (χ3n) is 18.5. The molecule has 0 heterocycles. The van der Waals surface area contributed by atoms with E-state index in [1.807, 2.05) is 27.2 Å². The second kappa shape index (κ2) is 72.5. The maximum atomic E-state index is 13.1. The molecule has 0 aliphatic heterocycles. The fraction of sp³-hybridized carbons (Fsp3) is 0.866. The van der Waals surface area contributed by atoms with Gasteiger partial charge in [-0.15, -0.1) is 0 Å². The lowest BCUT2D eigenvalue weighted by Gasteiger charge is -2.25. The molecule has 0 radical (unpaired) electrons. The predicted octanol–water partition coefficient (Wildman–Crippen LogP) is 26.3. The molecule has 0 aromatic carbocycles. The Labute approximate surface area is 568 Å². The van der Waals surface area contributed by atoms with Crippen LogP contribution in [0.5, 0.6) is 0 Å². The minimum atomic E-state index is -4.37. The molecule has 1 amide bonds. The van der Waals surface area contributed by atoms with Gasteiger partial charge in [0.1, 0.15) is 13.2 Å². The molecule has 0 aromatic heterocycles. The van der Waals surface area contributed by atoms with Gasteiger partial charge in [0, 0.05) is 6.42 Å². The smallest absolute Gasteiger partial charge is 0.387 e. The van der Waals surface area contributed by atoms with E-state index in [-0.39, 0.29) is 19.1 Å². The van der Waals surface area contributed by atoms with Crippen LogP contribution in [0.15, 0.2) is 60.8 Å². The minimum absolute atomic E-state index is 0.0574. The molecule has 0 aliphatic carbocycles. The van der Waals surface area contributed by atoms with Crippen molar-refractivity contribution in [3.63, 3.8) is 0 Å². The van der Waals surface area contributed by atoms with Crippen LogP contribution in [-0.2, 0) is 18.4 Å². The molecule has 536 valence electrons. The van der Waals surface area contributed by atoms with Crippen molar-refractivity contribution in [1.29, 1.82) is 0 Å². The molecule has 0 saturated heterocycles. The largest absolute Gasteiger partial charge is 0.472 e. The van der Waals surface area contributed by atoms with Crippen molar-refractivity contribution in [3.05, 3.63) is 60.8 Å². The van der Waals surface area contributed by atoms with Gasteiger partial charge in [-0.05, 0) is 70.6 Å². The number of aliphatic hydroxyl groups excluding tert-OH is 1. The predicted molar refractivity (Wildman–Crippen MR) is 401 cm³/mol. The first-order valence-corrected chi connectivity index (χ1v) is 41.7. The van der Waals surface area contributed by atoms with Gasteiger partial charge in [0.15, 0.2) is 0 Å². The lowest BCUT2D eigenvalue weighted by atomic mass is 10.0. The number of phosphoric acid groups is 1. The van der Waals surface area contributed by atoms with Gasteiger partial charge >= 0.3 is 7.82 Å². The highest BCUT2D eigenvalue weighted by Crippen LogP contribution is 2.43. The van der Waals surface area contributed by atoms with E-state index >= 15 is 0 Å². The Balaban J connectivity index is 3.95. The van der Waals surface area contributed by atoms with Crippen molar-refractivity contribution in [3.8, 4) is 0 Å². The van der Waals surface area contributed by atoms with Gasteiger partial charge in [-0.25, -0.2) is 4.57 Å². The number of amides is 1. The van der Waals surface area contributed by atoms with Crippen molar-refractivity contribution in [2.45, 2.75) is 418 Å². The van der Waals surface area contributed by atoms with Crippen molar-refractivity contribution >= 4 is 13.7 Å². The van der Waals surface area contributed by atoms with Crippen LogP contribution in [0.4, 0.5) is 0 Å². The van der Waals surface area contributed by atoms with Crippen LogP contribution >= 0.6 is 7.82 Å². The lowest BCUT2D eigenvalue weighted by Crippen LogP contribution is -2.45. The summed E-state index contributed by atoms with van der Waals surface area (Å²) in [4.78, 5) is 23.5. The third-order valence-corrected chi connectivity index (χ3v) is 19.4. The van der Waals surface area contributed by atoms with Crippen molar-refractivity contribution in [2.75, 3.05) is 40.9 Å². The summed E-state index contributed by atoms with van der Waals surface area (Å²) in [5.41, 5.74) is 0. The van der Waals surface area contributed by atoms with Crippen LogP contribution in [0.25, 0.3) is 0 Å². The van der Waals surface area contributed by atoms with E-state index < -0.39 is 20.0 Å². The van der Waals surface area contributed by atoms with E-state index in [2.05, 4.69) is 67.8 Å². The van der Waals surface area contributed by atoms with Crippen molar-refractivity contribution in [1.82, 2.24) is 5.32 Å². The molecule has 9 heteroatoms. The van der Waals surface area contributed by atoms with E-state index in [0.29, 0.717) is 17.4 Å². The Morgan fingerprint density at radius 3 is 0.956 bits per heavy atom. The fourth-order valence-corrected chi connectivity index (χ4v) is 13.0. The summed E-state index contributed by atoms with van der Waals surface area (Å²) >= 11 is 0. The number of hydrogen-bond donors (Lipinski definition) is 3. The first-order chi connectivity index (χ1) is 44.5. The van der Waals surface area contributed by atoms with Gasteiger partial charge in [-0.1, -0.05) is 389 Å². The highest BCUT2D eigenvalue weighted by atomic mass is 31.2. The van der Waals surface area contributed by atoms with Crippen LogP contribution in [0.2, 0.25) is 0 Å². The van der Waals surface area contributed by atoms with E-state index in [1.54, 1.807) is 6.08 Å². The number of hydrogen-bond acceptors (Lipinski definition) is 5. The standard InChI is InChI=1S/C82H157N2O6P/c1-6-8-10-12-14-16-18-20-22-24-26-28-30-32-34-36-37-38-39-40-41-42-43-44-45-46-47-48-50-52-54-56-58-60-62-64-66-68-70-72-74-76-82(86)83-80(79-90-91(87,88)89-78-77-84(3,4)5)81(85)75-73-71-69-67-65-63-61-59-57-55-53-51-49-35-33-31-29-27-25-23-21-19-17-15-13-11-9-7-2/h18,20,24,26,30,32,65,67,73,75,80-81,85H,6-17,19,21-23,25,27-29,31,33-64,66,68-72,74,76-79H2,1-5H3,(H-,83,86,87,88)/p+1/b20-18-,26-24-,32-30-,67-65+,75-73+. The first kappa shape index (κ1) is 89.2. The Bertz CT molecular complexity index is 1670. The molecule has 0 rings (SSSR count). The summed E-state index contributed by atoms with van der Waals surface area (Å²) in [6, 6.07) is -0.865. The van der Waals surface area contributed by atoms with Crippen molar-refractivity contribution < 1.29 is 32.9 Å². The second-order valence-electron chi connectivity index (χ2n) is 28.8. The monoisotopic (exact) mass is 1300 g/mol. The van der Waals surface area contributed by atoms with Crippen LogP contribution in [0, 0.1) is 0 Å². The van der Waals surface area contributed by atoms with E-state index in [1.165, 1.54) is 334 Å². The first-order valence-electron chi connectivity index (χ1n) is 40.2. The molecule has 3 unspecified atom stereocenters. The van der Waals surface area contributed by atoms with Gasteiger partial charge in [0.05, 0.1) is 39.9 Å². The summed E-state index contributed by atoms with van der Waals surface area (Å²) in [6.07, 6.45) is 101. The Hall–Kier alpha value is -1.80. The SMILES string of the molecule is CCCCCCC/C=C\C/C=C\C/C=C\CCCCCCCCCCCCCCCCCCCCCCCCCCCCC(=O)NC(COP(=O)(O)OCC[N+](C)(C)C)C(O)/C=C/CC/C=C/CCCCCCCCCCCCCCCCCCCCCCCC. The van der Waals surface area contributed by atoms with Crippen molar-refractivity contribution in [2.24, 2.45) is 0 Å². The molecular formula is C82H158N2O6P+. The average Bonchev–Trinajstić information content (AvgIpc) is 3.59. The number of rotatable bonds is 75. The molecular weight excluding hydrogens is 1140 g/mol. The zero-order valence-corrected chi connectivity index (χ0v) is 62.5. The number of nitrogens with zero attached hydrogens (tertiary/aromatic N) is 1. The van der Waals surface area contributed by atoms with E-state index in [0.717, 1.165) is 51.4 Å². The molecule has 0 spiro atoms. The van der Waals surface area contributed by atoms with Crippen LogP contribution in [0.3, 0.4) is 0 Å². The molecule has 91 heavy (non-hydrogen) atoms. The number of aliphatic hydroxyl groups is 1. The quantitative estimate of drug-likeness (QED) is 0.0243. The van der Waals surface area contributed by atoms with Gasteiger partial charge < -0.3 is 19.8 Å². The Morgan fingerprint density at radius 1 is 0.374 bits per heavy atom. The van der Waals surface area contributed by atoms with Crippen LogP contribution in [0.1, 0.15) is 406 Å². The topological polar surface area (TPSA) is 105 Å². The highest BCUT2D eigenvalue weighted by molar-refractivity contribution is 7.47. The Morgan fingerprint density at radius 2 is 0.637 bits per heavy atom. The molecule has 0 fully saturated rings. The number of phosphoric ester groups is 1. The van der Waals surface area contributed by atoms with Crippen LogP contribution in [-0.4, -0.2) is 73.4 Å². The number of allylic oxidation sites excluding steroid dienone is 9. The molecule has 0 bridgehead atoms. The second-order valence-corrected chi connectivity index (χ2v) is 30.2. The maximum absolute atomic E-state index is 13.1. The molecule has 3 atom stereocenters. The summed E-state index contributed by atoms with van der Waals surface area (Å²) < 4.78 is 23.9.